The van der Waals surface area contributed by atoms with Crippen LogP contribution in [0.4, 0.5) is 5.69 Å². The van der Waals surface area contributed by atoms with Gasteiger partial charge in [0.2, 0.25) is 0 Å². The van der Waals surface area contributed by atoms with E-state index in [1.165, 1.54) is 5.56 Å². The van der Waals surface area contributed by atoms with E-state index in [0.29, 0.717) is 0 Å². The first-order valence-electron chi connectivity index (χ1n) is 6.07. The largest absolute Gasteiger partial charge is 0.384 e. The number of hydrogen-bond donors (Lipinski definition) is 2. The SMILES string of the molecule is CN(Cc1ccc(Br)cc1)c1cccc(Br)c1C(=N)N. The standard InChI is InChI=1S/C15H15Br2N3/c1-20(9-10-5-7-11(16)8-6-10)13-4-2-3-12(17)14(13)15(18)19/h2-8H,9H2,1H3,(H3,18,19). The van der Waals surface area contributed by atoms with Crippen LogP contribution in [0.3, 0.4) is 0 Å². The summed E-state index contributed by atoms with van der Waals surface area (Å²) in [5.74, 6) is 0.0649. The Bertz CT molecular complexity index is 624. The van der Waals surface area contributed by atoms with Gasteiger partial charge in [-0.1, -0.05) is 34.1 Å². The van der Waals surface area contributed by atoms with Crippen molar-refractivity contribution in [2.45, 2.75) is 6.54 Å². The molecule has 0 fully saturated rings. The monoisotopic (exact) mass is 395 g/mol. The molecule has 5 heteroatoms. The van der Waals surface area contributed by atoms with Crippen molar-refractivity contribution in [3.63, 3.8) is 0 Å². The van der Waals surface area contributed by atoms with Crippen LogP contribution >= 0.6 is 31.9 Å². The number of amidine groups is 1. The molecule has 3 nitrogen and oxygen atoms in total. The van der Waals surface area contributed by atoms with Crippen molar-refractivity contribution in [3.05, 3.63) is 62.5 Å². The molecule has 0 radical (unpaired) electrons. The van der Waals surface area contributed by atoms with E-state index in [4.69, 9.17) is 11.1 Å². The summed E-state index contributed by atoms with van der Waals surface area (Å²) in [5.41, 5.74) is 8.55. The summed E-state index contributed by atoms with van der Waals surface area (Å²) in [7, 11) is 2.00. The van der Waals surface area contributed by atoms with Crippen LogP contribution < -0.4 is 10.6 Å². The van der Waals surface area contributed by atoms with Crippen LogP contribution in [0.1, 0.15) is 11.1 Å². The molecule has 0 atom stereocenters. The Morgan fingerprint density at radius 2 is 1.80 bits per heavy atom. The van der Waals surface area contributed by atoms with E-state index in [0.717, 1.165) is 26.7 Å². The van der Waals surface area contributed by atoms with Crippen LogP contribution in [0.5, 0.6) is 0 Å². The molecular formula is C15H15Br2N3. The number of benzene rings is 2. The molecule has 0 bridgehead atoms. The molecule has 104 valence electrons. The quantitative estimate of drug-likeness (QED) is 0.602. The topological polar surface area (TPSA) is 53.1 Å². The Labute approximate surface area is 135 Å². The fraction of sp³-hybridized carbons (Fsp3) is 0.133. The van der Waals surface area contributed by atoms with Gasteiger partial charge in [0.15, 0.2) is 0 Å². The van der Waals surface area contributed by atoms with Crippen LogP contribution in [0.15, 0.2) is 51.4 Å². The third-order valence-electron chi connectivity index (χ3n) is 3.01. The van der Waals surface area contributed by atoms with Crippen molar-refractivity contribution >= 4 is 43.4 Å². The lowest BCUT2D eigenvalue weighted by Crippen LogP contribution is -2.22. The minimum Gasteiger partial charge on any atom is -0.384 e. The smallest absolute Gasteiger partial charge is 0.126 e. The fourth-order valence-electron chi connectivity index (χ4n) is 2.05. The Kier molecular flexibility index (Phi) is 4.83. The summed E-state index contributed by atoms with van der Waals surface area (Å²) >= 11 is 6.89. The van der Waals surface area contributed by atoms with Crippen molar-refractivity contribution < 1.29 is 0 Å². The first-order valence-corrected chi connectivity index (χ1v) is 7.66. The second kappa shape index (κ2) is 6.41. The fourth-order valence-corrected chi connectivity index (χ4v) is 2.88. The van der Waals surface area contributed by atoms with Gasteiger partial charge in [-0.2, -0.15) is 0 Å². The van der Waals surface area contributed by atoms with Crippen molar-refractivity contribution in [1.29, 1.82) is 5.41 Å². The summed E-state index contributed by atoms with van der Waals surface area (Å²) in [5, 5.41) is 7.73. The Morgan fingerprint density at radius 1 is 1.15 bits per heavy atom. The molecule has 0 aliphatic heterocycles. The van der Waals surface area contributed by atoms with Gasteiger partial charge in [0.25, 0.3) is 0 Å². The summed E-state index contributed by atoms with van der Waals surface area (Å²) < 4.78 is 1.90. The average molecular weight is 397 g/mol. The number of nitrogens with one attached hydrogen (secondary N) is 1. The molecule has 0 aromatic heterocycles. The Morgan fingerprint density at radius 3 is 2.40 bits per heavy atom. The zero-order chi connectivity index (χ0) is 14.7. The van der Waals surface area contributed by atoms with E-state index in [1.54, 1.807) is 0 Å². The molecule has 0 heterocycles. The first kappa shape index (κ1) is 15.1. The number of nitrogens with two attached hydrogens (primary N) is 1. The number of hydrogen-bond acceptors (Lipinski definition) is 2. The second-order valence-electron chi connectivity index (χ2n) is 4.53. The van der Waals surface area contributed by atoms with E-state index in [9.17, 15) is 0 Å². The molecule has 0 unspecified atom stereocenters. The van der Waals surface area contributed by atoms with Gasteiger partial charge in [-0.05, 0) is 45.8 Å². The first-order chi connectivity index (χ1) is 9.49. The normalized spacial score (nSPS) is 10.3. The van der Waals surface area contributed by atoms with Crippen LogP contribution in [0.25, 0.3) is 0 Å². The van der Waals surface area contributed by atoms with Crippen molar-refractivity contribution in [1.82, 2.24) is 0 Å². The highest BCUT2D eigenvalue weighted by atomic mass is 79.9. The van der Waals surface area contributed by atoms with E-state index in [2.05, 4.69) is 48.9 Å². The number of rotatable bonds is 4. The molecule has 2 aromatic rings. The van der Waals surface area contributed by atoms with E-state index in [-0.39, 0.29) is 5.84 Å². The number of nitrogen functional groups attached to an aromatic ring is 1. The molecule has 3 N–H and O–H groups in total. The maximum Gasteiger partial charge on any atom is 0.126 e. The Balaban J connectivity index is 2.29. The van der Waals surface area contributed by atoms with Gasteiger partial charge < -0.3 is 10.6 Å². The van der Waals surface area contributed by atoms with Gasteiger partial charge in [-0.25, -0.2) is 0 Å². The average Bonchev–Trinajstić information content (AvgIpc) is 2.40. The van der Waals surface area contributed by atoms with E-state index < -0.39 is 0 Å². The third kappa shape index (κ3) is 3.41. The predicted octanol–water partition coefficient (Wildman–Crippen LogP) is 4.13. The number of nitrogens with zero attached hydrogens (tertiary/aromatic N) is 1. The van der Waals surface area contributed by atoms with Crippen LogP contribution in [-0.2, 0) is 6.54 Å². The van der Waals surface area contributed by atoms with Gasteiger partial charge in [-0.15, -0.1) is 0 Å². The van der Waals surface area contributed by atoms with E-state index in [1.807, 2.05) is 37.4 Å². The molecule has 0 aliphatic carbocycles. The van der Waals surface area contributed by atoms with Crippen LogP contribution in [0.2, 0.25) is 0 Å². The molecular weight excluding hydrogens is 382 g/mol. The lowest BCUT2D eigenvalue weighted by Gasteiger charge is -2.23. The van der Waals surface area contributed by atoms with Crippen molar-refractivity contribution in [2.24, 2.45) is 5.73 Å². The van der Waals surface area contributed by atoms with Gasteiger partial charge in [0.1, 0.15) is 5.84 Å². The zero-order valence-corrected chi connectivity index (χ0v) is 14.2. The second-order valence-corrected chi connectivity index (χ2v) is 6.30. The van der Waals surface area contributed by atoms with E-state index >= 15 is 0 Å². The highest BCUT2D eigenvalue weighted by Crippen LogP contribution is 2.27. The maximum atomic E-state index is 7.73. The lowest BCUT2D eigenvalue weighted by molar-refractivity contribution is 0.920. The highest BCUT2D eigenvalue weighted by molar-refractivity contribution is 9.10. The molecule has 0 amide bonds. The molecule has 0 spiro atoms. The van der Waals surface area contributed by atoms with Gasteiger partial charge in [-0.3, -0.25) is 5.41 Å². The lowest BCUT2D eigenvalue weighted by atomic mass is 10.1. The maximum absolute atomic E-state index is 7.73. The van der Waals surface area contributed by atoms with Gasteiger partial charge >= 0.3 is 0 Å². The molecule has 20 heavy (non-hydrogen) atoms. The minimum atomic E-state index is 0.0649. The van der Waals surface area contributed by atoms with Gasteiger partial charge in [0.05, 0.1) is 5.56 Å². The molecule has 2 aromatic carbocycles. The Hall–Kier alpha value is -1.33. The summed E-state index contributed by atoms with van der Waals surface area (Å²) in [6.07, 6.45) is 0. The molecule has 2 rings (SSSR count). The van der Waals surface area contributed by atoms with Crippen molar-refractivity contribution in [3.8, 4) is 0 Å². The highest BCUT2D eigenvalue weighted by Gasteiger charge is 2.13. The van der Waals surface area contributed by atoms with Gasteiger partial charge in [0, 0.05) is 28.2 Å². The third-order valence-corrected chi connectivity index (χ3v) is 4.19. The molecule has 0 saturated carbocycles. The minimum absolute atomic E-state index is 0.0649. The summed E-state index contributed by atoms with van der Waals surface area (Å²) in [4.78, 5) is 2.09. The number of halogens is 2. The molecule has 0 aliphatic rings. The number of anilines is 1. The summed E-state index contributed by atoms with van der Waals surface area (Å²) in [6, 6.07) is 14.0. The van der Waals surface area contributed by atoms with Crippen LogP contribution in [0, 0.1) is 5.41 Å². The molecule has 0 saturated heterocycles. The predicted molar refractivity (Wildman–Crippen MR) is 91.4 cm³/mol. The van der Waals surface area contributed by atoms with Crippen molar-refractivity contribution in [2.75, 3.05) is 11.9 Å². The van der Waals surface area contributed by atoms with Crippen LogP contribution in [-0.4, -0.2) is 12.9 Å². The zero-order valence-electron chi connectivity index (χ0n) is 11.0. The summed E-state index contributed by atoms with van der Waals surface area (Å²) in [6.45, 7) is 0.754.